The van der Waals surface area contributed by atoms with Crippen LogP contribution in [0, 0.1) is 0 Å². The van der Waals surface area contributed by atoms with Crippen LogP contribution >= 0.6 is 24.0 Å². The van der Waals surface area contributed by atoms with Gasteiger partial charge in [-0.05, 0) is 56.6 Å². The van der Waals surface area contributed by atoms with E-state index >= 15 is 0 Å². The Hall–Kier alpha value is -0.820. The number of aryl methyl sites for hydroxylation is 1. The Morgan fingerprint density at radius 1 is 1.25 bits per heavy atom. The van der Waals surface area contributed by atoms with E-state index in [1.165, 1.54) is 36.8 Å². The summed E-state index contributed by atoms with van der Waals surface area (Å²) in [6.07, 6.45) is 7.37. The predicted octanol–water partition coefficient (Wildman–Crippen LogP) is 3.81. The summed E-state index contributed by atoms with van der Waals surface area (Å²) in [5.74, 6) is 0.956. The molecular weight excluding hydrogens is 413 g/mol. The van der Waals surface area contributed by atoms with Crippen LogP contribution in [0.4, 0.5) is 0 Å². The number of rotatable bonds is 7. The molecule has 0 aliphatic heterocycles. The van der Waals surface area contributed by atoms with Gasteiger partial charge in [0.05, 0.1) is 6.10 Å². The van der Waals surface area contributed by atoms with Crippen molar-refractivity contribution in [3.63, 3.8) is 0 Å². The van der Waals surface area contributed by atoms with Crippen LogP contribution < -0.4 is 10.6 Å². The first kappa shape index (κ1) is 19.5. The third-order valence-electron chi connectivity index (χ3n) is 4.47. The minimum atomic E-state index is 0. The zero-order valence-corrected chi connectivity index (χ0v) is 16.9. The van der Waals surface area contributed by atoms with Gasteiger partial charge < -0.3 is 15.4 Å². The van der Waals surface area contributed by atoms with Gasteiger partial charge in [-0.3, -0.25) is 4.99 Å². The summed E-state index contributed by atoms with van der Waals surface area (Å²) in [5.41, 5.74) is 2.86. The Labute approximate surface area is 162 Å². The number of fused-ring (bicyclic) bond motifs is 1. The Morgan fingerprint density at radius 3 is 2.88 bits per heavy atom. The van der Waals surface area contributed by atoms with E-state index in [2.05, 4.69) is 46.8 Å². The highest BCUT2D eigenvalue weighted by atomic mass is 127. The first-order chi connectivity index (χ1) is 11.4. The molecule has 1 aromatic carbocycles. The molecule has 24 heavy (non-hydrogen) atoms. The molecule has 3 rings (SSSR count). The third kappa shape index (κ3) is 5.92. The second-order valence-corrected chi connectivity index (χ2v) is 6.48. The third-order valence-corrected chi connectivity index (χ3v) is 4.47. The smallest absolute Gasteiger partial charge is 0.191 e. The van der Waals surface area contributed by atoms with Crippen molar-refractivity contribution in [2.45, 2.75) is 57.6 Å². The van der Waals surface area contributed by atoms with E-state index in [1.54, 1.807) is 0 Å². The lowest BCUT2D eigenvalue weighted by Crippen LogP contribution is -2.38. The first-order valence-electron chi connectivity index (χ1n) is 9.11. The first-order valence-corrected chi connectivity index (χ1v) is 9.11. The van der Waals surface area contributed by atoms with Crippen LogP contribution in [0.2, 0.25) is 0 Å². The highest BCUT2D eigenvalue weighted by molar-refractivity contribution is 14.0. The van der Waals surface area contributed by atoms with E-state index in [9.17, 15) is 0 Å². The molecule has 1 saturated carbocycles. The number of hydrogen-bond acceptors (Lipinski definition) is 2. The van der Waals surface area contributed by atoms with Crippen LogP contribution in [0.15, 0.2) is 29.3 Å². The van der Waals surface area contributed by atoms with Crippen LogP contribution in [-0.4, -0.2) is 31.7 Å². The number of benzene rings is 1. The van der Waals surface area contributed by atoms with Crippen molar-refractivity contribution in [1.82, 2.24) is 10.6 Å². The van der Waals surface area contributed by atoms with Gasteiger partial charge in [0.25, 0.3) is 0 Å². The van der Waals surface area contributed by atoms with E-state index in [0.717, 1.165) is 38.5 Å². The maximum atomic E-state index is 6.13. The lowest BCUT2D eigenvalue weighted by atomic mass is 9.89. The van der Waals surface area contributed by atoms with E-state index in [4.69, 9.17) is 4.74 Å². The molecule has 0 saturated heterocycles. The average molecular weight is 443 g/mol. The number of nitrogens with zero attached hydrogens (tertiary/aromatic N) is 1. The molecule has 5 heteroatoms. The van der Waals surface area contributed by atoms with E-state index in [0.29, 0.717) is 6.04 Å². The van der Waals surface area contributed by atoms with E-state index in [-0.39, 0.29) is 30.1 Å². The number of ether oxygens (including phenoxy) is 1. The van der Waals surface area contributed by atoms with Gasteiger partial charge in [0.2, 0.25) is 0 Å². The van der Waals surface area contributed by atoms with Gasteiger partial charge in [-0.15, -0.1) is 24.0 Å². The Morgan fingerprint density at radius 2 is 2.08 bits per heavy atom. The monoisotopic (exact) mass is 443 g/mol. The fourth-order valence-corrected chi connectivity index (χ4v) is 3.10. The van der Waals surface area contributed by atoms with Crippen LogP contribution in [0.5, 0.6) is 0 Å². The minimum absolute atomic E-state index is 0. The highest BCUT2D eigenvalue weighted by Gasteiger charge is 2.22. The molecule has 4 nitrogen and oxygen atoms in total. The van der Waals surface area contributed by atoms with Gasteiger partial charge >= 0.3 is 0 Å². The number of nitrogens with one attached hydrogen (secondary N) is 2. The van der Waals surface area contributed by atoms with Crippen molar-refractivity contribution in [2.75, 3.05) is 19.7 Å². The standard InChI is InChI=1S/C19H29N3O.HI/c1-2-20-19(22-16-11-12-16)21-13-6-14-23-18-10-5-8-15-7-3-4-9-17(15)18;/h3-4,7,9,16,18H,2,5-6,8,10-14H2,1H3,(H2,20,21,22);1H. The largest absolute Gasteiger partial charge is 0.373 e. The van der Waals surface area contributed by atoms with Gasteiger partial charge in [-0.2, -0.15) is 0 Å². The number of hydrogen-bond donors (Lipinski definition) is 2. The molecule has 0 aromatic heterocycles. The zero-order chi connectivity index (χ0) is 15.9. The number of aliphatic imine (C=N–C) groups is 1. The van der Waals surface area contributed by atoms with Gasteiger partial charge in [-0.1, -0.05) is 24.3 Å². The molecule has 1 fully saturated rings. The molecule has 0 bridgehead atoms. The van der Waals surface area contributed by atoms with Gasteiger partial charge in [0, 0.05) is 25.7 Å². The van der Waals surface area contributed by atoms with Crippen LogP contribution in [-0.2, 0) is 11.2 Å². The molecule has 0 spiro atoms. The fourth-order valence-electron chi connectivity index (χ4n) is 3.10. The molecule has 2 N–H and O–H groups in total. The Kier molecular flexibility index (Phi) is 8.32. The van der Waals surface area contributed by atoms with E-state index in [1.807, 2.05) is 0 Å². The average Bonchev–Trinajstić information content (AvgIpc) is 3.39. The molecule has 0 heterocycles. The summed E-state index contributed by atoms with van der Waals surface area (Å²) in [7, 11) is 0. The second-order valence-electron chi connectivity index (χ2n) is 6.48. The molecule has 1 atom stereocenters. The summed E-state index contributed by atoms with van der Waals surface area (Å²) in [5, 5.41) is 6.75. The summed E-state index contributed by atoms with van der Waals surface area (Å²) in [4.78, 5) is 4.64. The quantitative estimate of drug-likeness (QED) is 0.292. The molecular formula is C19H30IN3O. The van der Waals surface area contributed by atoms with Crippen LogP contribution in [0.3, 0.4) is 0 Å². The minimum Gasteiger partial charge on any atom is -0.373 e. The van der Waals surface area contributed by atoms with Gasteiger partial charge in [0.15, 0.2) is 5.96 Å². The lowest BCUT2D eigenvalue weighted by molar-refractivity contribution is 0.0403. The summed E-state index contributed by atoms with van der Waals surface area (Å²) in [6, 6.07) is 9.35. The molecule has 0 radical (unpaired) electrons. The van der Waals surface area contributed by atoms with Crippen molar-refractivity contribution >= 4 is 29.9 Å². The second kappa shape index (κ2) is 10.2. The Balaban J connectivity index is 0.00000208. The maximum Gasteiger partial charge on any atom is 0.191 e. The molecule has 1 aromatic rings. The topological polar surface area (TPSA) is 45.7 Å². The van der Waals surface area contributed by atoms with Crippen LogP contribution in [0.25, 0.3) is 0 Å². The number of guanidine groups is 1. The zero-order valence-electron chi connectivity index (χ0n) is 14.6. The molecule has 2 aliphatic rings. The van der Waals surface area contributed by atoms with Gasteiger partial charge in [-0.25, -0.2) is 0 Å². The van der Waals surface area contributed by atoms with Crippen LogP contribution in [0.1, 0.15) is 56.3 Å². The summed E-state index contributed by atoms with van der Waals surface area (Å²) in [6.45, 7) is 4.61. The van der Waals surface area contributed by atoms with Crippen molar-refractivity contribution in [3.05, 3.63) is 35.4 Å². The van der Waals surface area contributed by atoms with E-state index < -0.39 is 0 Å². The number of halogens is 1. The lowest BCUT2D eigenvalue weighted by Gasteiger charge is -2.25. The predicted molar refractivity (Wildman–Crippen MR) is 110 cm³/mol. The van der Waals surface area contributed by atoms with Crippen molar-refractivity contribution in [1.29, 1.82) is 0 Å². The summed E-state index contributed by atoms with van der Waals surface area (Å²) < 4.78 is 6.13. The molecule has 1 unspecified atom stereocenters. The van der Waals surface area contributed by atoms with Gasteiger partial charge in [0.1, 0.15) is 0 Å². The van der Waals surface area contributed by atoms with Crippen molar-refractivity contribution in [3.8, 4) is 0 Å². The molecule has 134 valence electrons. The maximum absolute atomic E-state index is 6.13. The van der Waals surface area contributed by atoms with Crippen molar-refractivity contribution < 1.29 is 4.74 Å². The normalized spacial score (nSPS) is 20.0. The fraction of sp³-hybridized carbons (Fsp3) is 0.632. The Bertz CT molecular complexity index is 531. The molecule has 0 amide bonds. The highest BCUT2D eigenvalue weighted by Crippen LogP contribution is 2.32. The SMILES string of the molecule is CCNC(=NCCCOC1CCCc2ccccc21)NC1CC1.I. The van der Waals surface area contributed by atoms with Crippen molar-refractivity contribution in [2.24, 2.45) is 4.99 Å². The summed E-state index contributed by atoms with van der Waals surface area (Å²) >= 11 is 0. The molecule has 2 aliphatic carbocycles.